The number of Topliss-reactive ketones (excluding diaryl/α,β-unsaturated/α-hetero) is 1. The molecule has 0 aliphatic heterocycles. The van der Waals surface area contributed by atoms with Crippen LogP contribution in [0, 0.1) is 24.6 Å². The van der Waals surface area contributed by atoms with Gasteiger partial charge in [-0.1, -0.05) is 82.8 Å². The maximum atomic E-state index is 12.1. The second-order valence-corrected chi connectivity index (χ2v) is 13.4. The van der Waals surface area contributed by atoms with Gasteiger partial charge in [0.1, 0.15) is 11.6 Å². The molecule has 48 heavy (non-hydrogen) atoms. The van der Waals surface area contributed by atoms with E-state index in [9.17, 15) is 18.8 Å². The normalized spacial score (nSPS) is 13.7. The van der Waals surface area contributed by atoms with Gasteiger partial charge in [-0.05, 0) is 125 Å². The number of rotatable bonds is 14. The Morgan fingerprint density at radius 1 is 0.979 bits per heavy atom. The molecule has 4 rings (SSSR count). The van der Waals surface area contributed by atoms with Crippen LogP contribution in [-0.2, 0) is 20.8 Å². The molecule has 6 nitrogen and oxygen atoms in total. The first-order chi connectivity index (χ1) is 22.9. The third-order valence-corrected chi connectivity index (χ3v) is 8.41. The Kier molecular flexibility index (Phi) is 26.5. The van der Waals surface area contributed by atoms with E-state index in [0.29, 0.717) is 24.0 Å². The predicted molar refractivity (Wildman–Crippen MR) is 201 cm³/mol. The fourth-order valence-corrected chi connectivity index (χ4v) is 4.74. The number of carbonyl (C=O) groups excluding carboxylic acids is 3. The second kappa shape index (κ2) is 28.1. The number of carbonyl (C=O) groups is 3. The van der Waals surface area contributed by atoms with Crippen LogP contribution in [0.1, 0.15) is 129 Å². The van der Waals surface area contributed by atoms with Crippen LogP contribution in [0.4, 0.5) is 4.39 Å². The lowest BCUT2D eigenvalue weighted by Gasteiger charge is -2.28. The van der Waals surface area contributed by atoms with Crippen molar-refractivity contribution in [3.05, 3.63) is 70.0 Å². The standard InChI is InChI=1S/C14H18ClNO.C9H17NO.C7H7F.C5H11NO.C5H12/c15-13-7-6-12(5-2-8-16-10-17)14(9-13)11-3-1-4-11;1-3-6-10-9(7(2)11)8-4-5-8;1-6-2-4-7(8)5-3-6;1-3-5(7)6-4-2;1-4-5(2)3/h6-7,9-11H,1-5,8H2,(H,16,17);8-10H,3-6H2,1-2H3;2-5H,1H3;3-4H2,1-2H3,(H,6,7);5H,4H2,1-3H3. The number of halogens is 2. The van der Waals surface area contributed by atoms with Crippen molar-refractivity contribution in [3.8, 4) is 0 Å². The van der Waals surface area contributed by atoms with Gasteiger partial charge in [-0.15, -0.1) is 0 Å². The van der Waals surface area contributed by atoms with Gasteiger partial charge in [-0.25, -0.2) is 4.39 Å². The van der Waals surface area contributed by atoms with Crippen LogP contribution in [0.25, 0.3) is 0 Å². The largest absolute Gasteiger partial charge is 0.359 e. The highest BCUT2D eigenvalue weighted by atomic mass is 35.5. The van der Waals surface area contributed by atoms with E-state index in [1.165, 1.54) is 61.8 Å². The fourth-order valence-electron chi connectivity index (χ4n) is 4.56. The molecule has 0 spiro atoms. The molecule has 2 aliphatic carbocycles. The van der Waals surface area contributed by atoms with Crippen LogP contribution >= 0.6 is 11.6 Å². The van der Waals surface area contributed by atoms with Gasteiger partial charge in [0.15, 0.2) is 0 Å². The van der Waals surface area contributed by atoms with Crippen LogP contribution in [0.5, 0.6) is 0 Å². The van der Waals surface area contributed by atoms with Crippen LogP contribution < -0.4 is 16.0 Å². The summed E-state index contributed by atoms with van der Waals surface area (Å²) < 4.78 is 12.1. The van der Waals surface area contributed by atoms with Crippen molar-refractivity contribution in [2.75, 3.05) is 19.6 Å². The summed E-state index contributed by atoms with van der Waals surface area (Å²) in [6.45, 7) is 18.6. The van der Waals surface area contributed by atoms with Crippen molar-refractivity contribution in [2.45, 2.75) is 132 Å². The van der Waals surface area contributed by atoms with Crippen LogP contribution in [-0.4, -0.2) is 43.8 Å². The van der Waals surface area contributed by atoms with Gasteiger partial charge in [0.25, 0.3) is 0 Å². The minimum absolute atomic E-state index is 0.127. The topological polar surface area (TPSA) is 87.3 Å². The van der Waals surface area contributed by atoms with Crippen molar-refractivity contribution >= 4 is 29.7 Å². The zero-order valence-corrected chi connectivity index (χ0v) is 31.9. The van der Waals surface area contributed by atoms with Crippen molar-refractivity contribution in [1.82, 2.24) is 16.0 Å². The van der Waals surface area contributed by atoms with E-state index < -0.39 is 0 Å². The van der Waals surface area contributed by atoms with Crippen molar-refractivity contribution in [2.24, 2.45) is 11.8 Å². The average molecular weight is 690 g/mol. The van der Waals surface area contributed by atoms with Crippen LogP contribution in [0.3, 0.4) is 0 Å². The first-order valence-electron chi connectivity index (χ1n) is 18.1. The molecule has 2 fully saturated rings. The molecule has 0 bridgehead atoms. The molecule has 2 aromatic rings. The number of ketones is 1. The number of amides is 2. The highest BCUT2D eigenvalue weighted by Crippen LogP contribution is 2.39. The molecule has 0 aromatic heterocycles. The summed E-state index contributed by atoms with van der Waals surface area (Å²) in [5.74, 6) is 2.51. The molecule has 2 amide bonds. The summed E-state index contributed by atoms with van der Waals surface area (Å²) in [6, 6.07) is 12.8. The lowest BCUT2D eigenvalue weighted by molar-refractivity contribution is -0.121. The highest BCUT2D eigenvalue weighted by Gasteiger charge is 2.33. The number of hydrogen-bond acceptors (Lipinski definition) is 4. The molecule has 1 atom stereocenters. The maximum Gasteiger partial charge on any atom is 0.219 e. The number of aryl methyl sites for hydroxylation is 2. The molecule has 2 aliphatic rings. The lowest BCUT2D eigenvalue weighted by Crippen LogP contribution is -2.37. The van der Waals surface area contributed by atoms with E-state index in [4.69, 9.17) is 11.6 Å². The van der Waals surface area contributed by atoms with Crippen LogP contribution in [0.2, 0.25) is 5.02 Å². The van der Waals surface area contributed by atoms with Gasteiger partial charge in [-0.3, -0.25) is 14.4 Å². The van der Waals surface area contributed by atoms with Gasteiger partial charge in [-0.2, -0.15) is 0 Å². The molecular formula is C40H65ClFN3O3. The molecule has 1 unspecified atom stereocenters. The summed E-state index contributed by atoms with van der Waals surface area (Å²) in [6.07, 6.45) is 12.2. The van der Waals surface area contributed by atoms with E-state index >= 15 is 0 Å². The molecule has 3 N–H and O–H groups in total. The minimum atomic E-state index is -0.171. The number of hydrogen-bond donors (Lipinski definition) is 3. The molecule has 0 saturated heterocycles. The number of nitrogens with one attached hydrogen (secondary N) is 3. The molecule has 0 radical (unpaired) electrons. The Morgan fingerprint density at radius 2 is 1.60 bits per heavy atom. The summed E-state index contributed by atoms with van der Waals surface area (Å²) in [5.41, 5.74) is 3.91. The maximum absolute atomic E-state index is 12.1. The first-order valence-corrected chi connectivity index (χ1v) is 18.5. The van der Waals surface area contributed by atoms with Crippen LogP contribution in [0.15, 0.2) is 42.5 Å². The Bertz CT molecular complexity index is 1110. The zero-order valence-electron chi connectivity index (χ0n) is 31.1. The van der Waals surface area contributed by atoms with E-state index in [2.05, 4.69) is 55.8 Å². The zero-order chi connectivity index (χ0) is 36.3. The van der Waals surface area contributed by atoms with Crippen molar-refractivity contribution in [3.63, 3.8) is 0 Å². The molecule has 272 valence electrons. The van der Waals surface area contributed by atoms with Crippen molar-refractivity contribution < 1.29 is 18.8 Å². The average Bonchev–Trinajstić information content (AvgIpc) is 3.88. The van der Waals surface area contributed by atoms with Gasteiger partial charge in [0.05, 0.1) is 6.04 Å². The highest BCUT2D eigenvalue weighted by molar-refractivity contribution is 6.30. The first kappa shape index (κ1) is 45.2. The number of benzene rings is 2. The SMILES string of the molecule is CCC(C)C.CCCNC(C(C)=O)C1CC1.CCNC(=O)CC.Cc1ccc(F)cc1.O=CNCCCc1ccc(Cl)cc1C1CCC1. The Labute approximate surface area is 296 Å². The summed E-state index contributed by atoms with van der Waals surface area (Å²) >= 11 is 6.07. The quantitative estimate of drug-likeness (QED) is 0.136. The summed E-state index contributed by atoms with van der Waals surface area (Å²) in [7, 11) is 0. The Balaban J connectivity index is 0.000000619. The second-order valence-electron chi connectivity index (χ2n) is 12.9. The van der Waals surface area contributed by atoms with E-state index in [1.807, 2.05) is 26.8 Å². The summed E-state index contributed by atoms with van der Waals surface area (Å²) in [5, 5.41) is 9.47. The van der Waals surface area contributed by atoms with E-state index in [-0.39, 0.29) is 17.8 Å². The van der Waals surface area contributed by atoms with E-state index in [0.717, 1.165) is 61.8 Å². The Morgan fingerprint density at radius 3 is 2.00 bits per heavy atom. The molecule has 0 heterocycles. The van der Waals surface area contributed by atoms with Crippen molar-refractivity contribution in [1.29, 1.82) is 0 Å². The van der Waals surface area contributed by atoms with Gasteiger partial charge in [0, 0.05) is 24.5 Å². The Hall–Kier alpha value is -2.77. The molecule has 8 heteroatoms. The minimum Gasteiger partial charge on any atom is -0.359 e. The molecule has 2 saturated carbocycles. The smallest absolute Gasteiger partial charge is 0.219 e. The van der Waals surface area contributed by atoms with Gasteiger partial charge in [0.2, 0.25) is 12.3 Å². The van der Waals surface area contributed by atoms with Gasteiger partial charge >= 0.3 is 0 Å². The monoisotopic (exact) mass is 689 g/mol. The molecular weight excluding hydrogens is 625 g/mol. The van der Waals surface area contributed by atoms with Gasteiger partial charge < -0.3 is 16.0 Å². The third kappa shape index (κ3) is 22.7. The van der Waals surface area contributed by atoms with E-state index in [1.54, 1.807) is 19.1 Å². The lowest BCUT2D eigenvalue weighted by atomic mass is 9.77. The predicted octanol–water partition coefficient (Wildman–Crippen LogP) is 9.36. The fraction of sp³-hybridized carbons (Fsp3) is 0.625. The molecule has 2 aromatic carbocycles. The summed E-state index contributed by atoms with van der Waals surface area (Å²) in [4.78, 5) is 31.5. The third-order valence-electron chi connectivity index (χ3n) is 8.17.